The Morgan fingerprint density at radius 3 is 2.67 bits per heavy atom. The van der Waals surface area contributed by atoms with Gasteiger partial charge in [0.2, 0.25) is 0 Å². The van der Waals surface area contributed by atoms with Crippen LogP contribution in [0, 0.1) is 0 Å². The molecule has 0 bridgehead atoms. The van der Waals surface area contributed by atoms with Gasteiger partial charge in [0, 0.05) is 23.5 Å². The molecule has 0 spiro atoms. The number of carbonyl (C=O) groups excluding carboxylic acids is 1. The van der Waals surface area contributed by atoms with E-state index >= 15 is 0 Å². The van der Waals surface area contributed by atoms with E-state index in [4.69, 9.17) is 27.9 Å². The summed E-state index contributed by atoms with van der Waals surface area (Å²) in [6.07, 6.45) is 5.71. The number of ether oxygens (including phenoxy) is 1. The van der Waals surface area contributed by atoms with Crippen molar-refractivity contribution in [3.8, 4) is 5.75 Å². The summed E-state index contributed by atoms with van der Waals surface area (Å²) in [4.78, 5) is 14.8. The molecule has 1 amide bonds. The van der Waals surface area contributed by atoms with Gasteiger partial charge in [0.25, 0.3) is 5.91 Å². The third-order valence-electron chi connectivity index (χ3n) is 4.00. The lowest BCUT2D eigenvalue weighted by Crippen LogP contribution is -2.42. The molecular weight excluding hydrogens is 309 g/mol. The summed E-state index contributed by atoms with van der Waals surface area (Å²) in [5, 5.41) is 0.560. The highest BCUT2D eigenvalue weighted by Crippen LogP contribution is 2.28. The van der Waals surface area contributed by atoms with Crippen LogP contribution in [0.25, 0.3) is 0 Å². The number of alkyl halides is 1. The van der Waals surface area contributed by atoms with Gasteiger partial charge in [-0.25, -0.2) is 0 Å². The largest absolute Gasteiger partial charge is 0.496 e. The van der Waals surface area contributed by atoms with E-state index in [1.807, 2.05) is 4.90 Å². The predicted octanol–water partition coefficient (Wildman–Crippen LogP) is 4.36. The van der Waals surface area contributed by atoms with Gasteiger partial charge in [-0.2, -0.15) is 0 Å². The first kappa shape index (κ1) is 16.4. The Balaban J connectivity index is 2.25. The minimum Gasteiger partial charge on any atom is -0.496 e. The fraction of sp³-hybridized carbons (Fsp3) is 0.562. The van der Waals surface area contributed by atoms with Crippen LogP contribution in [0.3, 0.4) is 0 Å². The molecule has 116 valence electrons. The molecule has 21 heavy (non-hydrogen) atoms. The van der Waals surface area contributed by atoms with Crippen molar-refractivity contribution >= 4 is 29.1 Å². The van der Waals surface area contributed by atoms with Gasteiger partial charge in [0.15, 0.2) is 0 Å². The second-order valence-electron chi connectivity index (χ2n) is 5.32. The van der Waals surface area contributed by atoms with E-state index in [-0.39, 0.29) is 11.9 Å². The van der Waals surface area contributed by atoms with Crippen LogP contribution in [0.5, 0.6) is 5.75 Å². The van der Waals surface area contributed by atoms with Gasteiger partial charge >= 0.3 is 0 Å². The average Bonchev–Trinajstić information content (AvgIpc) is 2.52. The molecular formula is C16H21Cl2NO2. The number of carbonyl (C=O) groups is 1. The number of halogens is 2. The Hall–Kier alpha value is -0.930. The van der Waals surface area contributed by atoms with Crippen LogP contribution in [-0.2, 0) is 0 Å². The number of hydrogen-bond acceptors (Lipinski definition) is 2. The van der Waals surface area contributed by atoms with Gasteiger partial charge in [-0.1, -0.05) is 30.9 Å². The number of benzene rings is 1. The van der Waals surface area contributed by atoms with Crippen molar-refractivity contribution in [1.29, 1.82) is 0 Å². The van der Waals surface area contributed by atoms with Crippen molar-refractivity contribution < 1.29 is 9.53 Å². The number of nitrogens with zero attached hydrogens (tertiary/aromatic N) is 1. The van der Waals surface area contributed by atoms with Crippen LogP contribution in [0.2, 0.25) is 5.02 Å². The maximum absolute atomic E-state index is 12.9. The van der Waals surface area contributed by atoms with Crippen LogP contribution in [-0.4, -0.2) is 36.4 Å². The SMILES string of the molecule is COc1cc(Cl)ccc1C(=O)N(CCCl)C1CCCCC1. The molecule has 1 aromatic rings. The van der Waals surface area contributed by atoms with Gasteiger partial charge in [-0.05, 0) is 31.0 Å². The fourth-order valence-corrected chi connectivity index (χ4v) is 3.27. The number of amides is 1. The summed E-state index contributed by atoms with van der Waals surface area (Å²) >= 11 is 11.9. The van der Waals surface area contributed by atoms with Gasteiger partial charge in [-0.3, -0.25) is 4.79 Å². The highest BCUT2D eigenvalue weighted by atomic mass is 35.5. The second kappa shape index (κ2) is 7.90. The standard InChI is InChI=1S/C16H21Cl2NO2/c1-21-15-11-12(18)7-8-14(15)16(20)19(10-9-17)13-5-3-2-4-6-13/h7-8,11,13H,2-6,9-10H2,1H3. The first-order valence-corrected chi connectivity index (χ1v) is 8.29. The normalized spacial score (nSPS) is 15.8. The van der Waals surface area contributed by atoms with E-state index in [0.29, 0.717) is 28.8 Å². The van der Waals surface area contributed by atoms with E-state index in [0.717, 1.165) is 12.8 Å². The van der Waals surface area contributed by atoms with Gasteiger partial charge < -0.3 is 9.64 Å². The topological polar surface area (TPSA) is 29.5 Å². The summed E-state index contributed by atoms with van der Waals surface area (Å²) in [5.74, 6) is 0.942. The predicted molar refractivity (Wildman–Crippen MR) is 86.6 cm³/mol. The molecule has 1 aliphatic rings. The van der Waals surface area contributed by atoms with Crippen molar-refractivity contribution in [2.24, 2.45) is 0 Å². The van der Waals surface area contributed by atoms with Crippen molar-refractivity contribution in [2.75, 3.05) is 19.5 Å². The Morgan fingerprint density at radius 1 is 1.33 bits per heavy atom. The number of hydrogen-bond donors (Lipinski definition) is 0. The van der Waals surface area contributed by atoms with Crippen LogP contribution in [0.1, 0.15) is 42.5 Å². The fourth-order valence-electron chi connectivity index (χ4n) is 2.93. The Bertz CT molecular complexity index is 487. The van der Waals surface area contributed by atoms with Crippen LogP contribution < -0.4 is 4.74 Å². The Kier molecular flexibility index (Phi) is 6.19. The molecule has 1 aliphatic carbocycles. The lowest BCUT2D eigenvalue weighted by atomic mass is 9.93. The van der Waals surface area contributed by atoms with Gasteiger partial charge in [0.05, 0.1) is 12.7 Å². The molecule has 0 atom stereocenters. The lowest BCUT2D eigenvalue weighted by Gasteiger charge is -2.34. The first-order chi connectivity index (χ1) is 10.2. The van der Waals surface area contributed by atoms with E-state index in [1.165, 1.54) is 19.3 Å². The average molecular weight is 330 g/mol. The van der Waals surface area contributed by atoms with Crippen LogP contribution in [0.15, 0.2) is 18.2 Å². The zero-order valence-corrected chi connectivity index (χ0v) is 13.8. The van der Waals surface area contributed by atoms with Gasteiger partial charge in [0.1, 0.15) is 5.75 Å². The molecule has 0 unspecified atom stereocenters. The molecule has 2 rings (SSSR count). The van der Waals surface area contributed by atoms with E-state index in [1.54, 1.807) is 25.3 Å². The quantitative estimate of drug-likeness (QED) is 0.751. The maximum atomic E-state index is 12.9. The van der Waals surface area contributed by atoms with E-state index in [9.17, 15) is 4.79 Å². The molecule has 0 heterocycles. The Labute approximate surface area is 136 Å². The van der Waals surface area contributed by atoms with Crippen LogP contribution in [0.4, 0.5) is 0 Å². The molecule has 0 saturated heterocycles. The molecule has 0 aliphatic heterocycles. The summed E-state index contributed by atoms with van der Waals surface area (Å²) in [6.45, 7) is 0.566. The third-order valence-corrected chi connectivity index (χ3v) is 4.40. The highest BCUT2D eigenvalue weighted by Gasteiger charge is 2.27. The van der Waals surface area contributed by atoms with Gasteiger partial charge in [-0.15, -0.1) is 11.6 Å². The maximum Gasteiger partial charge on any atom is 0.257 e. The van der Waals surface area contributed by atoms with E-state index < -0.39 is 0 Å². The second-order valence-corrected chi connectivity index (χ2v) is 6.14. The first-order valence-electron chi connectivity index (χ1n) is 7.38. The van der Waals surface area contributed by atoms with E-state index in [2.05, 4.69) is 0 Å². The lowest BCUT2D eigenvalue weighted by molar-refractivity contribution is 0.0646. The zero-order valence-electron chi connectivity index (χ0n) is 12.3. The molecule has 1 saturated carbocycles. The molecule has 3 nitrogen and oxygen atoms in total. The number of methoxy groups -OCH3 is 1. The van der Waals surface area contributed by atoms with Crippen molar-refractivity contribution in [3.63, 3.8) is 0 Å². The Morgan fingerprint density at radius 2 is 2.05 bits per heavy atom. The minimum absolute atomic E-state index is 0.0175. The van der Waals surface area contributed by atoms with Crippen molar-refractivity contribution in [3.05, 3.63) is 28.8 Å². The third kappa shape index (κ3) is 4.04. The summed E-state index contributed by atoms with van der Waals surface area (Å²) in [7, 11) is 1.55. The molecule has 0 aromatic heterocycles. The molecule has 1 aromatic carbocycles. The minimum atomic E-state index is -0.0175. The summed E-state index contributed by atoms with van der Waals surface area (Å²) in [6, 6.07) is 5.41. The van der Waals surface area contributed by atoms with Crippen LogP contribution >= 0.6 is 23.2 Å². The number of rotatable bonds is 5. The highest BCUT2D eigenvalue weighted by molar-refractivity contribution is 6.30. The van der Waals surface area contributed by atoms with Crippen molar-refractivity contribution in [2.45, 2.75) is 38.1 Å². The zero-order chi connectivity index (χ0) is 15.2. The van der Waals surface area contributed by atoms with Crippen molar-refractivity contribution in [1.82, 2.24) is 4.90 Å². The molecule has 0 N–H and O–H groups in total. The monoisotopic (exact) mass is 329 g/mol. The summed E-state index contributed by atoms with van der Waals surface area (Å²) in [5.41, 5.74) is 0.553. The molecule has 5 heteroatoms. The smallest absolute Gasteiger partial charge is 0.257 e. The molecule has 0 radical (unpaired) electrons. The molecule has 1 fully saturated rings. The summed E-state index contributed by atoms with van der Waals surface area (Å²) < 4.78 is 5.30.